The molecule has 174 valence electrons. The molecule has 0 amide bonds. The number of hydrogen-bond donors (Lipinski definition) is 2. The molecule has 8 nitrogen and oxygen atoms in total. The molecule has 3 aliphatic heterocycles. The molecule has 3 aliphatic rings. The second-order valence-corrected chi connectivity index (χ2v) is 8.02. The number of benzene rings is 1. The topological polar surface area (TPSA) is 82.6 Å². The van der Waals surface area contributed by atoms with E-state index in [2.05, 4.69) is 27.8 Å². The van der Waals surface area contributed by atoms with Crippen LogP contribution >= 0.6 is 24.0 Å². The van der Waals surface area contributed by atoms with Gasteiger partial charge in [-0.3, -0.25) is 4.99 Å². The van der Waals surface area contributed by atoms with E-state index in [0.717, 1.165) is 89.3 Å². The molecule has 2 saturated heterocycles. The van der Waals surface area contributed by atoms with E-state index in [0.29, 0.717) is 6.79 Å². The fraction of sp³-hybridized carbons (Fsp3) is 0.682. The second-order valence-electron chi connectivity index (χ2n) is 8.02. The molecule has 0 spiro atoms. The number of aliphatic imine (C=N–C) groups is 1. The van der Waals surface area contributed by atoms with E-state index in [4.69, 9.17) is 23.7 Å². The molecule has 1 aromatic rings. The molecule has 0 radical (unpaired) electrons. The minimum atomic E-state index is -0.0254. The molecule has 0 saturated carbocycles. The summed E-state index contributed by atoms with van der Waals surface area (Å²) in [7, 11) is 1.80. The molecule has 1 aromatic carbocycles. The van der Waals surface area contributed by atoms with Crippen molar-refractivity contribution in [3.8, 4) is 11.5 Å². The Labute approximate surface area is 201 Å². The summed E-state index contributed by atoms with van der Waals surface area (Å²) < 4.78 is 27.9. The first kappa shape index (κ1) is 24.3. The molecule has 0 bridgehead atoms. The van der Waals surface area contributed by atoms with Gasteiger partial charge in [-0.15, -0.1) is 24.0 Å². The lowest BCUT2D eigenvalue weighted by Crippen LogP contribution is -2.48. The van der Waals surface area contributed by atoms with Crippen LogP contribution in [0.4, 0.5) is 0 Å². The maximum Gasteiger partial charge on any atom is 0.231 e. The van der Waals surface area contributed by atoms with Gasteiger partial charge in [-0.1, -0.05) is 6.07 Å². The zero-order chi connectivity index (χ0) is 20.7. The Morgan fingerprint density at radius 2 is 1.97 bits per heavy atom. The highest BCUT2D eigenvalue weighted by atomic mass is 127. The second kappa shape index (κ2) is 12.1. The molecule has 1 atom stereocenters. The predicted molar refractivity (Wildman–Crippen MR) is 129 cm³/mol. The van der Waals surface area contributed by atoms with Crippen molar-refractivity contribution in [3.05, 3.63) is 23.8 Å². The van der Waals surface area contributed by atoms with Crippen molar-refractivity contribution in [2.75, 3.05) is 60.0 Å². The quantitative estimate of drug-likeness (QED) is 0.224. The highest BCUT2D eigenvalue weighted by molar-refractivity contribution is 14.0. The molecule has 31 heavy (non-hydrogen) atoms. The van der Waals surface area contributed by atoms with E-state index in [1.807, 2.05) is 6.07 Å². The van der Waals surface area contributed by atoms with Gasteiger partial charge in [0.1, 0.15) is 0 Å². The number of rotatable bonds is 8. The van der Waals surface area contributed by atoms with Crippen LogP contribution in [-0.4, -0.2) is 72.0 Å². The monoisotopic (exact) mass is 547 g/mol. The van der Waals surface area contributed by atoms with Crippen LogP contribution in [0.1, 0.15) is 31.2 Å². The lowest BCUT2D eigenvalue weighted by molar-refractivity contribution is 0.0419. The standard InChI is InChI=1S/C22H33N3O5.HI/c1-23-21(24-8-2-9-28-18-5-10-27-14-18)25-15-22(6-11-26-12-7-22)17-3-4-19-20(13-17)30-16-29-19;/h3-4,13,18H,2,5-12,14-16H2,1H3,(H2,23,24,25);1H. The van der Waals surface area contributed by atoms with Gasteiger partial charge in [-0.05, 0) is 43.4 Å². The zero-order valence-electron chi connectivity index (χ0n) is 18.2. The summed E-state index contributed by atoms with van der Waals surface area (Å²) in [6.45, 7) is 5.67. The van der Waals surface area contributed by atoms with E-state index >= 15 is 0 Å². The molecule has 0 aromatic heterocycles. The number of fused-ring (bicyclic) bond motifs is 1. The number of nitrogens with one attached hydrogen (secondary N) is 2. The van der Waals surface area contributed by atoms with E-state index < -0.39 is 0 Å². The fourth-order valence-corrected chi connectivity index (χ4v) is 4.20. The molecule has 3 heterocycles. The lowest BCUT2D eigenvalue weighted by atomic mass is 9.74. The summed E-state index contributed by atoms with van der Waals surface area (Å²) in [6.07, 6.45) is 4.10. The highest BCUT2D eigenvalue weighted by Crippen LogP contribution is 2.40. The minimum absolute atomic E-state index is 0. The SMILES string of the molecule is CN=C(NCCCOC1CCOC1)NCC1(c2ccc3c(c2)OCO3)CCOCC1.I. The number of ether oxygens (including phenoxy) is 5. The van der Waals surface area contributed by atoms with Crippen molar-refractivity contribution >= 4 is 29.9 Å². The van der Waals surface area contributed by atoms with Crippen molar-refractivity contribution in [2.24, 2.45) is 4.99 Å². The maximum absolute atomic E-state index is 5.82. The van der Waals surface area contributed by atoms with Crippen molar-refractivity contribution in [2.45, 2.75) is 37.2 Å². The van der Waals surface area contributed by atoms with Gasteiger partial charge in [-0.2, -0.15) is 0 Å². The van der Waals surface area contributed by atoms with Gasteiger partial charge in [-0.25, -0.2) is 0 Å². The Hall–Kier alpha value is -1.30. The van der Waals surface area contributed by atoms with Crippen molar-refractivity contribution < 1.29 is 23.7 Å². The number of guanidine groups is 1. The van der Waals surface area contributed by atoms with Crippen LogP contribution in [-0.2, 0) is 19.6 Å². The van der Waals surface area contributed by atoms with E-state index in [-0.39, 0.29) is 35.5 Å². The lowest BCUT2D eigenvalue weighted by Gasteiger charge is -2.38. The predicted octanol–water partition coefficient (Wildman–Crippen LogP) is 2.44. The maximum atomic E-state index is 5.82. The van der Waals surface area contributed by atoms with Gasteiger partial charge in [0.15, 0.2) is 17.5 Å². The summed E-state index contributed by atoms with van der Waals surface area (Å²) in [6, 6.07) is 6.29. The van der Waals surface area contributed by atoms with Gasteiger partial charge in [0.05, 0.1) is 12.7 Å². The van der Waals surface area contributed by atoms with E-state index in [1.165, 1.54) is 5.56 Å². The minimum Gasteiger partial charge on any atom is -0.454 e. The summed E-state index contributed by atoms with van der Waals surface area (Å²) in [5.41, 5.74) is 1.23. The first-order valence-corrected chi connectivity index (χ1v) is 10.9. The third kappa shape index (κ3) is 6.36. The smallest absolute Gasteiger partial charge is 0.231 e. The number of halogens is 1. The largest absolute Gasteiger partial charge is 0.454 e. The molecule has 4 rings (SSSR count). The average molecular weight is 547 g/mol. The number of nitrogens with zero attached hydrogens (tertiary/aromatic N) is 1. The molecule has 9 heteroatoms. The van der Waals surface area contributed by atoms with Gasteiger partial charge in [0.25, 0.3) is 0 Å². The first-order valence-electron chi connectivity index (χ1n) is 10.9. The van der Waals surface area contributed by atoms with Crippen LogP contribution < -0.4 is 20.1 Å². The Morgan fingerprint density at radius 3 is 2.74 bits per heavy atom. The Bertz CT molecular complexity index is 721. The summed E-state index contributed by atoms with van der Waals surface area (Å²) >= 11 is 0. The zero-order valence-corrected chi connectivity index (χ0v) is 20.5. The molecule has 1 unspecified atom stereocenters. The number of hydrogen-bond acceptors (Lipinski definition) is 6. The van der Waals surface area contributed by atoms with Gasteiger partial charge in [0, 0.05) is 52.0 Å². The van der Waals surface area contributed by atoms with Crippen LogP contribution in [0.5, 0.6) is 11.5 Å². The van der Waals surface area contributed by atoms with Crippen LogP contribution in [0.3, 0.4) is 0 Å². The van der Waals surface area contributed by atoms with Crippen LogP contribution in [0.2, 0.25) is 0 Å². The van der Waals surface area contributed by atoms with Crippen LogP contribution in [0.15, 0.2) is 23.2 Å². The molecule has 2 N–H and O–H groups in total. The summed E-state index contributed by atoms with van der Waals surface area (Å²) in [4.78, 5) is 4.39. The molecular weight excluding hydrogens is 513 g/mol. The Kier molecular flexibility index (Phi) is 9.48. The summed E-state index contributed by atoms with van der Waals surface area (Å²) in [5, 5.41) is 6.93. The first-order chi connectivity index (χ1) is 14.8. The Morgan fingerprint density at radius 1 is 1.13 bits per heavy atom. The van der Waals surface area contributed by atoms with Gasteiger partial charge < -0.3 is 34.3 Å². The van der Waals surface area contributed by atoms with Crippen molar-refractivity contribution in [1.29, 1.82) is 0 Å². The van der Waals surface area contributed by atoms with E-state index in [9.17, 15) is 0 Å². The van der Waals surface area contributed by atoms with Crippen molar-refractivity contribution in [1.82, 2.24) is 10.6 Å². The molecule has 0 aliphatic carbocycles. The Balaban J connectivity index is 0.00000272. The highest BCUT2D eigenvalue weighted by Gasteiger charge is 2.35. The third-order valence-electron chi connectivity index (χ3n) is 6.11. The average Bonchev–Trinajstić information content (AvgIpc) is 3.47. The van der Waals surface area contributed by atoms with Gasteiger partial charge >= 0.3 is 0 Å². The normalized spacial score (nSPS) is 22.1. The van der Waals surface area contributed by atoms with Crippen LogP contribution in [0, 0.1) is 0 Å². The molecule has 2 fully saturated rings. The van der Waals surface area contributed by atoms with E-state index in [1.54, 1.807) is 7.05 Å². The third-order valence-corrected chi connectivity index (χ3v) is 6.11. The molecular formula is C22H34IN3O5. The van der Waals surface area contributed by atoms with Crippen molar-refractivity contribution in [3.63, 3.8) is 0 Å². The van der Waals surface area contributed by atoms with Gasteiger partial charge in [0.2, 0.25) is 6.79 Å². The summed E-state index contributed by atoms with van der Waals surface area (Å²) in [5.74, 6) is 2.46. The van der Waals surface area contributed by atoms with Crippen LogP contribution in [0.25, 0.3) is 0 Å². The fourth-order valence-electron chi connectivity index (χ4n) is 4.20.